The van der Waals surface area contributed by atoms with Gasteiger partial charge < -0.3 is 20.7 Å². The number of carbonyl (C=O) groups is 2. The molecule has 6 heteroatoms. The summed E-state index contributed by atoms with van der Waals surface area (Å²) in [6, 6.07) is -0.343. The number of piperidine rings is 1. The number of amides is 2. The summed E-state index contributed by atoms with van der Waals surface area (Å²) in [5.74, 6) is 0.271. The average molecular weight is 325 g/mol. The van der Waals surface area contributed by atoms with Crippen LogP contribution in [0.15, 0.2) is 0 Å². The summed E-state index contributed by atoms with van der Waals surface area (Å²) in [4.78, 5) is 26.2. The molecule has 0 bridgehead atoms. The Morgan fingerprint density at radius 2 is 1.87 bits per heavy atom. The van der Waals surface area contributed by atoms with Gasteiger partial charge in [-0.15, -0.1) is 0 Å². The van der Waals surface area contributed by atoms with E-state index in [2.05, 4.69) is 5.32 Å². The van der Waals surface area contributed by atoms with Crippen molar-refractivity contribution in [3.05, 3.63) is 0 Å². The quantitative estimate of drug-likeness (QED) is 0.685. The summed E-state index contributed by atoms with van der Waals surface area (Å²) < 4.78 is 5.79. The topological polar surface area (TPSA) is 84.7 Å². The molecular weight excluding hydrogens is 294 g/mol. The van der Waals surface area contributed by atoms with Gasteiger partial charge in [-0.25, -0.2) is 0 Å². The van der Waals surface area contributed by atoms with Gasteiger partial charge in [0.15, 0.2) is 0 Å². The van der Waals surface area contributed by atoms with E-state index >= 15 is 0 Å². The molecule has 0 radical (unpaired) electrons. The zero-order valence-electron chi connectivity index (χ0n) is 14.3. The minimum absolute atomic E-state index is 0.0903. The molecule has 1 heterocycles. The predicted octanol–water partition coefficient (Wildman–Crippen LogP) is 1.04. The molecule has 6 nitrogen and oxygen atoms in total. The molecule has 132 valence electrons. The van der Waals surface area contributed by atoms with Gasteiger partial charge in [-0.05, 0) is 44.6 Å². The maximum absolute atomic E-state index is 12.8. The predicted molar refractivity (Wildman–Crippen MR) is 88.8 cm³/mol. The van der Waals surface area contributed by atoms with Crippen molar-refractivity contribution in [1.29, 1.82) is 0 Å². The lowest BCUT2D eigenvalue weighted by Crippen LogP contribution is -2.53. The third-order valence-corrected chi connectivity index (χ3v) is 4.95. The molecule has 1 unspecified atom stereocenters. The molecule has 3 N–H and O–H groups in total. The van der Waals surface area contributed by atoms with Crippen molar-refractivity contribution >= 4 is 11.8 Å². The second kappa shape index (κ2) is 9.23. The molecule has 2 rings (SSSR count). The SMILES string of the molecule is CC(=O)NC(C(=O)N1CCC(OCCCN)CC1)C1CCCC1. The Kier molecular flexibility index (Phi) is 7.30. The Bertz CT molecular complexity index is 389. The molecular formula is C17H31N3O3. The maximum atomic E-state index is 12.8. The van der Waals surface area contributed by atoms with Gasteiger partial charge in [-0.2, -0.15) is 0 Å². The molecule has 1 saturated heterocycles. The summed E-state index contributed by atoms with van der Waals surface area (Å²) in [6.45, 7) is 4.28. The fraction of sp³-hybridized carbons (Fsp3) is 0.882. The monoisotopic (exact) mass is 325 g/mol. The minimum Gasteiger partial charge on any atom is -0.378 e. The number of ether oxygens (including phenoxy) is 1. The van der Waals surface area contributed by atoms with Crippen LogP contribution in [0, 0.1) is 5.92 Å². The van der Waals surface area contributed by atoms with Crippen LogP contribution in [0.5, 0.6) is 0 Å². The van der Waals surface area contributed by atoms with E-state index in [9.17, 15) is 9.59 Å². The molecule has 2 aliphatic rings. The number of hydrogen-bond donors (Lipinski definition) is 2. The van der Waals surface area contributed by atoms with Gasteiger partial charge in [0.2, 0.25) is 11.8 Å². The lowest BCUT2D eigenvalue weighted by molar-refractivity contribution is -0.140. The van der Waals surface area contributed by atoms with E-state index in [-0.39, 0.29) is 24.0 Å². The van der Waals surface area contributed by atoms with Crippen molar-refractivity contribution in [2.24, 2.45) is 11.7 Å². The highest BCUT2D eigenvalue weighted by atomic mass is 16.5. The lowest BCUT2D eigenvalue weighted by Gasteiger charge is -2.35. The Morgan fingerprint density at radius 3 is 2.43 bits per heavy atom. The van der Waals surface area contributed by atoms with Crippen molar-refractivity contribution in [3.8, 4) is 0 Å². The summed E-state index contributed by atoms with van der Waals surface area (Å²) in [5, 5.41) is 2.90. The van der Waals surface area contributed by atoms with Crippen molar-refractivity contribution in [1.82, 2.24) is 10.2 Å². The number of carbonyl (C=O) groups excluding carboxylic acids is 2. The third-order valence-electron chi connectivity index (χ3n) is 4.95. The molecule has 1 aliphatic heterocycles. The largest absolute Gasteiger partial charge is 0.378 e. The molecule has 0 aromatic carbocycles. The van der Waals surface area contributed by atoms with Crippen LogP contribution in [0.2, 0.25) is 0 Å². The van der Waals surface area contributed by atoms with E-state index in [1.54, 1.807) is 0 Å². The number of likely N-dealkylation sites (tertiary alicyclic amines) is 1. The van der Waals surface area contributed by atoms with Crippen LogP contribution in [0.4, 0.5) is 0 Å². The van der Waals surface area contributed by atoms with Crippen LogP contribution < -0.4 is 11.1 Å². The van der Waals surface area contributed by atoms with Crippen molar-refractivity contribution in [3.63, 3.8) is 0 Å². The van der Waals surface area contributed by atoms with Gasteiger partial charge in [0.05, 0.1) is 6.10 Å². The fourth-order valence-electron chi connectivity index (χ4n) is 3.66. The molecule has 2 fully saturated rings. The molecule has 0 aromatic rings. The van der Waals surface area contributed by atoms with Gasteiger partial charge >= 0.3 is 0 Å². The lowest BCUT2D eigenvalue weighted by atomic mass is 9.95. The van der Waals surface area contributed by atoms with Gasteiger partial charge in [-0.3, -0.25) is 9.59 Å². The second-order valence-electron chi connectivity index (χ2n) is 6.76. The highest BCUT2D eigenvalue weighted by molar-refractivity contribution is 5.87. The number of nitrogens with one attached hydrogen (secondary N) is 1. The zero-order chi connectivity index (χ0) is 16.7. The molecule has 2 amide bonds. The molecule has 1 saturated carbocycles. The average Bonchev–Trinajstić information content (AvgIpc) is 3.07. The first-order valence-electron chi connectivity index (χ1n) is 8.99. The molecule has 1 atom stereocenters. The Labute approximate surface area is 139 Å². The summed E-state index contributed by atoms with van der Waals surface area (Å²) >= 11 is 0. The Hall–Kier alpha value is -1.14. The first kappa shape index (κ1) is 18.2. The normalized spacial score (nSPS) is 21.4. The first-order valence-corrected chi connectivity index (χ1v) is 8.99. The molecule has 1 aliphatic carbocycles. The van der Waals surface area contributed by atoms with Gasteiger partial charge in [-0.1, -0.05) is 12.8 Å². The van der Waals surface area contributed by atoms with E-state index in [4.69, 9.17) is 10.5 Å². The van der Waals surface area contributed by atoms with Gasteiger partial charge in [0.25, 0.3) is 0 Å². The van der Waals surface area contributed by atoms with Crippen LogP contribution >= 0.6 is 0 Å². The van der Waals surface area contributed by atoms with E-state index < -0.39 is 0 Å². The Balaban J connectivity index is 1.84. The Morgan fingerprint density at radius 1 is 1.22 bits per heavy atom. The molecule has 23 heavy (non-hydrogen) atoms. The number of nitrogens with two attached hydrogens (primary N) is 1. The zero-order valence-corrected chi connectivity index (χ0v) is 14.3. The third kappa shape index (κ3) is 5.46. The van der Waals surface area contributed by atoms with Crippen LogP contribution in [0.1, 0.15) is 51.9 Å². The van der Waals surface area contributed by atoms with Crippen LogP contribution in [-0.2, 0) is 14.3 Å². The summed E-state index contributed by atoms with van der Waals surface area (Å²) in [5.41, 5.74) is 5.47. The van der Waals surface area contributed by atoms with Crippen LogP contribution in [-0.4, -0.2) is 55.1 Å². The van der Waals surface area contributed by atoms with Crippen LogP contribution in [0.3, 0.4) is 0 Å². The van der Waals surface area contributed by atoms with E-state index in [1.165, 1.54) is 6.92 Å². The van der Waals surface area contributed by atoms with Gasteiger partial charge in [0.1, 0.15) is 6.04 Å². The van der Waals surface area contributed by atoms with E-state index in [0.717, 1.165) is 58.0 Å². The van der Waals surface area contributed by atoms with Crippen molar-refractivity contribution < 1.29 is 14.3 Å². The summed E-state index contributed by atoms with van der Waals surface area (Å²) in [7, 11) is 0. The number of hydrogen-bond acceptors (Lipinski definition) is 4. The van der Waals surface area contributed by atoms with Crippen molar-refractivity contribution in [2.75, 3.05) is 26.2 Å². The molecule has 0 aromatic heterocycles. The number of rotatable bonds is 7. The minimum atomic E-state index is -0.343. The second-order valence-corrected chi connectivity index (χ2v) is 6.76. The smallest absolute Gasteiger partial charge is 0.245 e. The summed E-state index contributed by atoms with van der Waals surface area (Å²) in [6.07, 6.45) is 7.24. The van der Waals surface area contributed by atoms with Crippen molar-refractivity contribution in [2.45, 2.75) is 64.0 Å². The highest BCUT2D eigenvalue weighted by Crippen LogP contribution is 2.29. The molecule has 0 spiro atoms. The standard InChI is InChI=1S/C17H31N3O3/c1-13(21)19-16(14-5-2-3-6-14)17(22)20-10-7-15(8-11-20)23-12-4-9-18/h14-16H,2-12,18H2,1H3,(H,19,21). The first-order chi connectivity index (χ1) is 11.1. The van der Waals surface area contributed by atoms with E-state index in [0.29, 0.717) is 19.1 Å². The maximum Gasteiger partial charge on any atom is 0.245 e. The highest BCUT2D eigenvalue weighted by Gasteiger charge is 2.35. The van der Waals surface area contributed by atoms with E-state index in [1.807, 2.05) is 4.90 Å². The number of nitrogens with zero attached hydrogens (tertiary/aromatic N) is 1. The van der Waals surface area contributed by atoms with Gasteiger partial charge in [0, 0.05) is 26.6 Å². The van der Waals surface area contributed by atoms with Crippen LogP contribution in [0.25, 0.3) is 0 Å². The fourth-order valence-corrected chi connectivity index (χ4v) is 3.66.